The first-order chi connectivity index (χ1) is 10.0. The highest BCUT2D eigenvalue weighted by molar-refractivity contribution is 5.83. The van der Waals surface area contributed by atoms with E-state index in [9.17, 15) is 8.78 Å². The molecule has 0 radical (unpaired) electrons. The van der Waals surface area contributed by atoms with Gasteiger partial charge in [0.05, 0.1) is 24.7 Å². The van der Waals surface area contributed by atoms with Gasteiger partial charge < -0.3 is 10.5 Å². The summed E-state index contributed by atoms with van der Waals surface area (Å²) in [5.41, 5.74) is 6.54. The van der Waals surface area contributed by atoms with Crippen LogP contribution in [0, 0.1) is 18.6 Å². The standard InChI is InChI=1S/C14H16F2N4O/c1-3-4-21-13-10(5-11(15)6-12(13)16)7-18-20-8-9(2)19-14(20)17/h5-8H,3-4H2,1-2H3,(H2,17,19). The van der Waals surface area contributed by atoms with E-state index >= 15 is 0 Å². The lowest BCUT2D eigenvalue weighted by molar-refractivity contribution is 0.300. The Morgan fingerprint density at radius 1 is 1.43 bits per heavy atom. The minimum Gasteiger partial charge on any atom is -0.490 e. The van der Waals surface area contributed by atoms with Crippen molar-refractivity contribution in [3.63, 3.8) is 0 Å². The van der Waals surface area contributed by atoms with Gasteiger partial charge in [0.15, 0.2) is 11.6 Å². The zero-order valence-electron chi connectivity index (χ0n) is 11.8. The van der Waals surface area contributed by atoms with Crippen molar-refractivity contribution < 1.29 is 13.5 Å². The van der Waals surface area contributed by atoms with Crippen LogP contribution >= 0.6 is 0 Å². The number of aryl methyl sites for hydroxylation is 1. The number of hydrogen-bond acceptors (Lipinski definition) is 4. The zero-order chi connectivity index (χ0) is 15.4. The fourth-order valence-corrected chi connectivity index (χ4v) is 1.75. The third kappa shape index (κ3) is 3.56. The molecular formula is C14H16F2N4O. The predicted molar refractivity (Wildman–Crippen MR) is 76.5 cm³/mol. The molecule has 0 amide bonds. The lowest BCUT2D eigenvalue weighted by Crippen LogP contribution is -2.03. The van der Waals surface area contributed by atoms with Gasteiger partial charge in [-0.05, 0) is 19.4 Å². The van der Waals surface area contributed by atoms with Crippen LogP contribution in [0.3, 0.4) is 0 Å². The molecule has 2 rings (SSSR count). The van der Waals surface area contributed by atoms with E-state index in [2.05, 4.69) is 10.1 Å². The molecule has 1 aromatic heterocycles. The number of imidazole rings is 1. The Hall–Kier alpha value is -2.44. The van der Waals surface area contributed by atoms with E-state index in [-0.39, 0.29) is 17.3 Å². The van der Waals surface area contributed by atoms with Crippen molar-refractivity contribution in [1.29, 1.82) is 0 Å². The van der Waals surface area contributed by atoms with E-state index in [4.69, 9.17) is 10.5 Å². The Morgan fingerprint density at radius 2 is 2.19 bits per heavy atom. The highest BCUT2D eigenvalue weighted by atomic mass is 19.1. The van der Waals surface area contributed by atoms with Gasteiger partial charge in [0.2, 0.25) is 5.95 Å². The predicted octanol–water partition coefficient (Wildman–Crippen LogP) is 2.72. The average molecular weight is 294 g/mol. The van der Waals surface area contributed by atoms with Gasteiger partial charge in [0.1, 0.15) is 5.82 Å². The molecule has 0 fully saturated rings. The average Bonchev–Trinajstić information content (AvgIpc) is 2.73. The minimum atomic E-state index is -0.764. The molecule has 0 atom stereocenters. The molecule has 0 bridgehead atoms. The van der Waals surface area contributed by atoms with Gasteiger partial charge in [-0.3, -0.25) is 0 Å². The normalized spacial score (nSPS) is 11.2. The van der Waals surface area contributed by atoms with Crippen LogP contribution in [-0.2, 0) is 0 Å². The van der Waals surface area contributed by atoms with E-state index in [1.165, 1.54) is 10.9 Å². The molecule has 0 aliphatic heterocycles. The number of nitrogens with zero attached hydrogens (tertiary/aromatic N) is 3. The monoisotopic (exact) mass is 294 g/mol. The Morgan fingerprint density at radius 3 is 2.81 bits per heavy atom. The lowest BCUT2D eigenvalue weighted by atomic mass is 10.2. The van der Waals surface area contributed by atoms with Gasteiger partial charge in [0, 0.05) is 11.6 Å². The van der Waals surface area contributed by atoms with Crippen molar-refractivity contribution in [2.24, 2.45) is 5.10 Å². The Kier molecular flexibility index (Phi) is 4.52. The van der Waals surface area contributed by atoms with Crippen LogP contribution in [0.1, 0.15) is 24.6 Å². The first-order valence-corrected chi connectivity index (χ1v) is 6.49. The van der Waals surface area contributed by atoms with Crippen LogP contribution in [0.5, 0.6) is 5.75 Å². The van der Waals surface area contributed by atoms with Gasteiger partial charge in [0.25, 0.3) is 0 Å². The molecule has 0 spiro atoms. The third-order valence-corrected chi connectivity index (χ3v) is 2.64. The van der Waals surface area contributed by atoms with Crippen molar-refractivity contribution in [2.45, 2.75) is 20.3 Å². The number of rotatable bonds is 5. The van der Waals surface area contributed by atoms with Crippen molar-refractivity contribution in [3.8, 4) is 5.75 Å². The number of benzene rings is 1. The summed E-state index contributed by atoms with van der Waals surface area (Å²) in [6, 6.07) is 1.93. The first kappa shape index (κ1) is 15.0. The first-order valence-electron chi connectivity index (χ1n) is 6.49. The van der Waals surface area contributed by atoms with E-state index in [1.54, 1.807) is 13.1 Å². The largest absolute Gasteiger partial charge is 0.490 e. The molecule has 0 saturated carbocycles. The summed E-state index contributed by atoms with van der Waals surface area (Å²) < 4.78 is 33.7. The molecule has 0 aliphatic carbocycles. The summed E-state index contributed by atoms with van der Waals surface area (Å²) in [6.07, 6.45) is 3.60. The summed E-state index contributed by atoms with van der Waals surface area (Å²) in [5.74, 6) is -1.30. The van der Waals surface area contributed by atoms with Gasteiger partial charge in [-0.25, -0.2) is 18.4 Å². The van der Waals surface area contributed by atoms with Crippen LogP contribution in [0.15, 0.2) is 23.4 Å². The maximum atomic E-state index is 13.8. The van der Waals surface area contributed by atoms with Crippen LogP contribution in [-0.4, -0.2) is 22.5 Å². The Balaban J connectivity index is 2.35. The number of aromatic nitrogens is 2. The molecule has 21 heavy (non-hydrogen) atoms. The third-order valence-electron chi connectivity index (χ3n) is 2.64. The number of ether oxygens (including phenoxy) is 1. The molecule has 0 saturated heterocycles. The minimum absolute atomic E-state index is 0.0302. The summed E-state index contributed by atoms with van der Waals surface area (Å²) in [7, 11) is 0. The molecule has 1 heterocycles. The molecule has 0 unspecified atom stereocenters. The highest BCUT2D eigenvalue weighted by Gasteiger charge is 2.11. The Bertz CT molecular complexity index is 667. The number of anilines is 1. The summed E-state index contributed by atoms with van der Waals surface area (Å²) >= 11 is 0. The van der Waals surface area contributed by atoms with Gasteiger partial charge in [-0.15, -0.1) is 0 Å². The number of halogens is 2. The van der Waals surface area contributed by atoms with Gasteiger partial charge in [-0.1, -0.05) is 6.92 Å². The maximum absolute atomic E-state index is 13.8. The van der Waals surface area contributed by atoms with Crippen LogP contribution < -0.4 is 10.5 Å². The fourth-order valence-electron chi connectivity index (χ4n) is 1.75. The highest BCUT2D eigenvalue weighted by Crippen LogP contribution is 2.23. The number of hydrogen-bond donors (Lipinski definition) is 1. The smallest absolute Gasteiger partial charge is 0.221 e. The van der Waals surface area contributed by atoms with E-state index < -0.39 is 11.6 Å². The Labute approximate surface area is 121 Å². The second-order valence-electron chi connectivity index (χ2n) is 4.48. The van der Waals surface area contributed by atoms with Crippen LogP contribution in [0.25, 0.3) is 0 Å². The summed E-state index contributed by atoms with van der Waals surface area (Å²) in [5, 5.41) is 4.04. The van der Waals surface area contributed by atoms with Gasteiger partial charge in [-0.2, -0.15) is 5.10 Å². The molecular weight excluding hydrogens is 278 g/mol. The van der Waals surface area contributed by atoms with E-state index in [1.807, 2.05) is 6.92 Å². The van der Waals surface area contributed by atoms with Crippen LogP contribution in [0.4, 0.5) is 14.7 Å². The maximum Gasteiger partial charge on any atom is 0.221 e. The van der Waals surface area contributed by atoms with Crippen molar-refractivity contribution >= 4 is 12.2 Å². The summed E-state index contributed by atoms with van der Waals surface area (Å²) in [6.45, 7) is 3.99. The molecule has 112 valence electrons. The van der Waals surface area contributed by atoms with Crippen LogP contribution in [0.2, 0.25) is 0 Å². The molecule has 2 aromatic rings. The second-order valence-corrected chi connectivity index (χ2v) is 4.48. The van der Waals surface area contributed by atoms with E-state index in [0.717, 1.165) is 12.1 Å². The quantitative estimate of drug-likeness (QED) is 0.862. The number of nitrogen functional groups attached to an aromatic ring is 1. The number of nitrogens with two attached hydrogens (primary N) is 1. The van der Waals surface area contributed by atoms with E-state index in [0.29, 0.717) is 18.7 Å². The molecule has 5 nitrogen and oxygen atoms in total. The second kappa shape index (κ2) is 6.34. The molecule has 1 aromatic carbocycles. The van der Waals surface area contributed by atoms with Crippen molar-refractivity contribution in [2.75, 3.05) is 12.3 Å². The zero-order valence-corrected chi connectivity index (χ0v) is 11.8. The van der Waals surface area contributed by atoms with Crippen molar-refractivity contribution in [3.05, 3.63) is 41.2 Å². The SMILES string of the molecule is CCCOc1c(F)cc(F)cc1C=Nn1cc(C)nc1N. The van der Waals surface area contributed by atoms with Gasteiger partial charge >= 0.3 is 0 Å². The molecule has 2 N–H and O–H groups in total. The van der Waals surface area contributed by atoms with Crippen molar-refractivity contribution in [1.82, 2.24) is 9.66 Å². The molecule has 7 heteroatoms. The summed E-state index contributed by atoms with van der Waals surface area (Å²) in [4.78, 5) is 3.98. The fraction of sp³-hybridized carbons (Fsp3) is 0.286. The topological polar surface area (TPSA) is 65.4 Å². The lowest BCUT2D eigenvalue weighted by Gasteiger charge is -2.09. The molecule has 0 aliphatic rings.